The summed E-state index contributed by atoms with van der Waals surface area (Å²) in [6.45, 7) is 7.24. The van der Waals surface area contributed by atoms with E-state index in [1.807, 2.05) is 23.0 Å². The van der Waals surface area contributed by atoms with Gasteiger partial charge in [-0.05, 0) is 48.7 Å². The van der Waals surface area contributed by atoms with Crippen LogP contribution in [0.15, 0.2) is 55.1 Å². The maximum Gasteiger partial charge on any atom is 0.136 e. The maximum atomic E-state index is 4.96. The first kappa shape index (κ1) is 20.6. The highest BCUT2D eigenvalue weighted by molar-refractivity contribution is 5.45. The highest BCUT2D eigenvalue weighted by Gasteiger charge is 2.19. The second-order valence-electron chi connectivity index (χ2n) is 8.53. The highest BCUT2D eigenvalue weighted by Crippen LogP contribution is 2.19. The molecule has 0 bridgehead atoms. The SMILES string of the molecule is CCc1ccnc(Cc2nc(Cc3ccn4ccnc4c3)cc(N3CCN[C@@H](C)C3)n2)c1. The van der Waals surface area contributed by atoms with E-state index in [-0.39, 0.29) is 0 Å². The van der Waals surface area contributed by atoms with Crippen LogP contribution < -0.4 is 10.2 Å². The summed E-state index contributed by atoms with van der Waals surface area (Å²) in [7, 11) is 0. The molecule has 4 aromatic rings. The van der Waals surface area contributed by atoms with Gasteiger partial charge in [-0.2, -0.15) is 0 Å². The van der Waals surface area contributed by atoms with Gasteiger partial charge in [0.25, 0.3) is 0 Å². The molecule has 4 aromatic heterocycles. The van der Waals surface area contributed by atoms with E-state index in [1.165, 1.54) is 11.1 Å². The molecular weight excluding hydrogens is 398 g/mol. The summed E-state index contributed by atoms with van der Waals surface area (Å²) in [6.07, 6.45) is 10.1. The monoisotopic (exact) mass is 427 g/mol. The predicted molar refractivity (Wildman–Crippen MR) is 126 cm³/mol. The third kappa shape index (κ3) is 4.62. The van der Waals surface area contributed by atoms with Gasteiger partial charge in [0.05, 0.1) is 12.1 Å². The summed E-state index contributed by atoms with van der Waals surface area (Å²) in [5.74, 6) is 1.83. The Hall–Kier alpha value is -3.32. The summed E-state index contributed by atoms with van der Waals surface area (Å²) in [4.78, 5) is 21.2. The molecule has 7 nitrogen and oxygen atoms in total. The minimum Gasteiger partial charge on any atom is -0.354 e. The van der Waals surface area contributed by atoms with Gasteiger partial charge in [-0.15, -0.1) is 0 Å². The second-order valence-corrected chi connectivity index (χ2v) is 8.53. The second kappa shape index (κ2) is 9.04. The Morgan fingerprint density at radius 3 is 2.78 bits per heavy atom. The van der Waals surface area contributed by atoms with Crippen LogP contribution in [0.1, 0.15) is 42.2 Å². The Labute approximate surface area is 188 Å². The zero-order valence-electron chi connectivity index (χ0n) is 18.7. The fraction of sp³-hybridized carbons (Fsp3) is 0.360. The minimum atomic E-state index is 0.441. The average molecular weight is 428 g/mol. The summed E-state index contributed by atoms with van der Waals surface area (Å²) in [5.41, 5.74) is 5.47. The number of anilines is 1. The standard InChI is InChI=1S/C25H29N7/c1-3-19-4-6-27-21(12-19)15-23-29-22(13-20-5-9-31-10-8-28-24(31)14-20)16-25(30-23)32-11-7-26-18(2)17-32/h4-6,8-10,12,14,16,18,26H,3,7,11,13,15,17H2,1-2H3/t18-/m0/s1. The molecule has 1 atom stereocenters. The number of aryl methyl sites for hydroxylation is 1. The van der Waals surface area contributed by atoms with Crippen LogP contribution in [0.2, 0.25) is 0 Å². The summed E-state index contributed by atoms with van der Waals surface area (Å²) < 4.78 is 2.02. The van der Waals surface area contributed by atoms with Gasteiger partial charge in [-0.1, -0.05) is 6.92 Å². The normalized spacial score (nSPS) is 16.6. The minimum absolute atomic E-state index is 0.441. The number of aromatic nitrogens is 5. The van der Waals surface area contributed by atoms with Crippen molar-refractivity contribution in [2.45, 2.75) is 39.2 Å². The summed E-state index contributed by atoms with van der Waals surface area (Å²) in [5, 5.41) is 3.51. The van der Waals surface area contributed by atoms with Crippen LogP contribution >= 0.6 is 0 Å². The van der Waals surface area contributed by atoms with Crippen LogP contribution in [0.4, 0.5) is 5.82 Å². The van der Waals surface area contributed by atoms with E-state index in [2.05, 4.69) is 70.6 Å². The topological polar surface area (TPSA) is 71.2 Å². The van der Waals surface area contributed by atoms with E-state index >= 15 is 0 Å². The molecule has 32 heavy (non-hydrogen) atoms. The number of hydrogen-bond donors (Lipinski definition) is 1. The number of rotatable bonds is 6. The molecular formula is C25H29N7. The number of pyridine rings is 2. The van der Waals surface area contributed by atoms with Gasteiger partial charge in [-0.25, -0.2) is 15.0 Å². The fourth-order valence-corrected chi connectivity index (χ4v) is 4.29. The van der Waals surface area contributed by atoms with Crippen molar-refractivity contribution in [3.05, 3.63) is 83.5 Å². The molecule has 0 unspecified atom stereocenters. The first-order valence-electron chi connectivity index (χ1n) is 11.4. The molecule has 0 radical (unpaired) electrons. The third-order valence-electron chi connectivity index (χ3n) is 5.98. The summed E-state index contributed by atoms with van der Waals surface area (Å²) in [6, 6.07) is 11.1. The molecule has 0 amide bonds. The van der Waals surface area contributed by atoms with E-state index in [9.17, 15) is 0 Å². The van der Waals surface area contributed by atoms with E-state index in [4.69, 9.17) is 9.97 Å². The number of imidazole rings is 1. The first-order valence-corrected chi connectivity index (χ1v) is 11.4. The number of fused-ring (bicyclic) bond motifs is 1. The number of nitrogens with one attached hydrogen (secondary N) is 1. The van der Waals surface area contributed by atoms with Crippen molar-refractivity contribution in [2.24, 2.45) is 0 Å². The number of hydrogen-bond acceptors (Lipinski definition) is 6. The molecule has 5 rings (SSSR count). The molecule has 1 N–H and O–H groups in total. The van der Waals surface area contributed by atoms with E-state index in [1.54, 1.807) is 0 Å². The molecule has 7 heteroatoms. The van der Waals surface area contributed by atoms with Gasteiger partial charge in [0, 0.05) is 68.6 Å². The Kier molecular flexibility index (Phi) is 5.81. The number of piperazine rings is 1. The van der Waals surface area contributed by atoms with Gasteiger partial charge >= 0.3 is 0 Å². The molecule has 0 spiro atoms. The molecule has 0 saturated carbocycles. The molecule has 164 valence electrons. The molecule has 1 aliphatic heterocycles. The van der Waals surface area contributed by atoms with E-state index in [0.717, 1.165) is 61.2 Å². The zero-order chi connectivity index (χ0) is 21.9. The van der Waals surface area contributed by atoms with E-state index in [0.29, 0.717) is 12.5 Å². The predicted octanol–water partition coefficient (Wildman–Crippen LogP) is 3.06. The van der Waals surface area contributed by atoms with Crippen LogP contribution in [-0.2, 0) is 19.3 Å². The van der Waals surface area contributed by atoms with Crippen LogP contribution in [0.3, 0.4) is 0 Å². The van der Waals surface area contributed by atoms with Crippen molar-refractivity contribution >= 4 is 11.5 Å². The van der Waals surface area contributed by atoms with Crippen LogP contribution in [0, 0.1) is 0 Å². The van der Waals surface area contributed by atoms with Crippen molar-refractivity contribution in [3.63, 3.8) is 0 Å². The van der Waals surface area contributed by atoms with Crippen LogP contribution in [0.25, 0.3) is 5.65 Å². The van der Waals surface area contributed by atoms with Crippen molar-refractivity contribution in [3.8, 4) is 0 Å². The molecule has 1 saturated heterocycles. The van der Waals surface area contributed by atoms with Crippen LogP contribution in [-0.4, -0.2) is 50.0 Å². The highest BCUT2D eigenvalue weighted by atomic mass is 15.2. The van der Waals surface area contributed by atoms with Crippen LogP contribution in [0.5, 0.6) is 0 Å². The summed E-state index contributed by atoms with van der Waals surface area (Å²) >= 11 is 0. The molecule has 1 aliphatic rings. The zero-order valence-corrected chi connectivity index (χ0v) is 18.7. The first-order chi connectivity index (χ1) is 15.7. The fourth-order valence-electron chi connectivity index (χ4n) is 4.29. The Balaban J connectivity index is 1.47. The van der Waals surface area contributed by atoms with Crippen molar-refractivity contribution < 1.29 is 0 Å². The van der Waals surface area contributed by atoms with Gasteiger partial charge in [-0.3, -0.25) is 4.98 Å². The lowest BCUT2D eigenvalue weighted by molar-refractivity contribution is 0.481. The molecule has 0 aliphatic carbocycles. The maximum absolute atomic E-state index is 4.96. The van der Waals surface area contributed by atoms with Gasteiger partial charge < -0.3 is 14.6 Å². The lowest BCUT2D eigenvalue weighted by Crippen LogP contribution is -2.49. The molecule has 5 heterocycles. The third-order valence-corrected chi connectivity index (χ3v) is 5.98. The van der Waals surface area contributed by atoms with Crippen molar-refractivity contribution in [1.82, 2.24) is 29.7 Å². The average Bonchev–Trinajstić information content (AvgIpc) is 3.27. The van der Waals surface area contributed by atoms with Crippen molar-refractivity contribution in [1.29, 1.82) is 0 Å². The quantitative estimate of drug-likeness (QED) is 0.510. The Bertz CT molecular complexity index is 1220. The molecule has 0 aromatic carbocycles. The largest absolute Gasteiger partial charge is 0.354 e. The van der Waals surface area contributed by atoms with Gasteiger partial charge in [0.2, 0.25) is 0 Å². The molecule has 1 fully saturated rings. The van der Waals surface area contributed by atoms with Crippen molar-refractivity contribution in [2.75, 3.05) is 24.5 Å². The number of nitrogens with zero attached hydrogens (tertiary/aromatic N) is 6. The van der Waals surface area contributed by atoms with E-state index < -0.39 is 0 Å². The smallest absolute Gasteiger partial charge is 0.136 e. The van der Waals surface area contributed by atoms with Gasteiger partial charge in [0.1, 0.15) is 17.3 Å². The lowest BCUT2D eigenvalue weighted by atomic mass is 10.1. The Morgan fingerprint density at radius 2 is 1.91 bits per heavy atom. The Morgan fingerprint density at radius 1 is 0.969 bits per heavy atom. The van der Waals surface area contributed by atoms with Gasteiger partial charge in [0.15, 0.2) is 0 Å². The lowest BCUT2D eigenvalue weighted by Gasteiger charge is -2.33.